The number of hydrogen-bond acceptors (Lipinski definition) is 8. The molecule has 0 bridgehead atoms. The molecule has 0 saturated carbocycles. The number of aromatic nitrogens is 3. The lowest BCUT2D eigenvalue weighted by molar-refractivity contribution is 0.0600. The predicted octanol–water partition coefficient (Wildman–Crippen LogP) is 2.21. The molecule has 1 aromatic heterocycles. The zero-order valence-corrected chi connectivity index (χ0v) is 17.1. The van der Waals surface area contributed by atoms with Crippen LogP contribution in [0.4, 0.5) is 0 Å². The maximum absolute atomic E-state index is 13.0. The predicted molar refractivity (Wildman–Crippen MR) is 102 cm³/mol. The molecule has 9 nitrogen and oxygen atoms in total. The number of ether oxygens (including phenoxy) is 3. The number of nitrogens with zero attached hydrogens (tertiary/aromatic N) is 3. The van der Waals surface area contributed by atoms with Gasteiger partial charge in [-0.25, -0.2) is 17.9 Å². The third-order valence-corrected chi connectivity index (χ3v) is 6.09. The van der Waals surface area contributed by atoms with Crippen LogP contribution in [0.1, 0.15) is 16.1 Å². The number of rotatable bonds is 6. The summed E-state index contributed by atoms with van der Waals surface area (Å²) in [5, 5.41) is 7.68. The molecule has 0 aliphatic rings. The number of hydrogen-bond donors (Lipinski definition) is 0. The highest BCUT2D eigenvalue weighted by molar-refractivity contribution is 7.91. The second-order valence-corrected chi connectivity index (χ2v) is 7.81. The lowest BCUT2D eigenvalue weighted by Gasteiger charge is -2.11. The molecule has 3 rings (SSSR count). The first-order chi connectivity index (χ1) is 13.8. The highest BCUT2D eigenvalue weighted by Crippen LogP contribution is 2.30. The van der Waals surface area contributed by atoms with Gasteiger partial charge in [0.05, 0.1) is 37.5 Å². The van der Waals surface area contributed by atoms with E-state index in [4.69, 9.17) is 9.47 Å². The lowest BCUT2D eigenvalue weighted by atomic mass is 10.2. The Kier molecular flexibility index (Phi) is 5.55. The minimum atomic E-state index is -3.96. The summed E-state index contributed by atoms with van der Waals surface area (Å²) < 4.78 is 42.6. The van der Waals surface area contributed by atoms with Crippen LogP contribution in [0, 0.1) is 6.92 Å². The molecule has 152 valence electrons. The van der Waals surface area contributed by atoms with Crippen LogP contribution in [-0.4, -0.2) is 50.7 Å². The van der Waals surface area contributed by atoms with Crippen LogP contribution in [0.2, 0.25) is 0 Å². The van der Waals surface area contributed by atoms with Gasteiger partial charge in [0.1, 0.15) is 17.2 Å². The van der Waals surface area contributed by atoms with Crippen molar-refractivity contribution in [3.8, 4) is 17.2 Å². The van der Waals surface area contributed by atoms with E-state index in [1.54, 1.807) is 25.1 Å². The molecule has 0 atom stereocenters. The third-order valence-electron chi connectivity index (χ3n) is 4.31. The van der Waals surface area contributed by atoms with Gasteiger partial charge >= 0.3 is 5.97 Å². The molecule has 0 N–H and O–H groups in total. The second kappa shape index (κ2) is 7.92. The van der Waals surface area contributed by atoms with Crippen molar-refractivity contribution in [2.75, 3.05) is 21.3 Å². The minimum absolute atomic E-state index is 0.0158. The minimum Gasteiger partial charge on any atom is -0.497 e. The summed E-state index contributed by atoms with van der Waals surface area (Å²) in [4.78, 5) is 11.5. The van der Waals surface area contributed by atoms with Crippen LogP contribution < -0.4 is 9.47 Å². The monoisotopic (exact) mass is 417 g/mol. The van der Waals surface area contributed by atoms with Crippen LogP contribution in [0.25, 0.3) is 5.69 Å². The molecule has 0 radical (unpaired) electrons. The Labute approximate surface area is 167 Å². The molecule has 2 aromatic carbocycles. The van der Waals surface area contributed by atoms with Crippen LogP contribution in [-0.2, 0) is 14.6 Å². The maximum atomic E-state index is 13.0. The van der Waals surface area contributed by atoms with E-state index in [2.05, 4.69) is 15.0 Å². The van der Waals surface area contributed by atoms with Crippen molar-refractivity contribution in [2.24, 2.45) is 0 Å². The number of esters is 1. The fraction of sp³-hybridized carbons (Fsp3) is 0.211. The van der Waals surface area contributed by atoms with Crippen molar-refractivity contribution in [1.82, 2.24) is 15.0 Å². The summed E-state index contributed by atoms with van der Waals surface area (Å²) in [7, 11) is 0.311. The summed E-state index contributed by atoms with van der Waals surface area (Å²) in [6.07, 6.45) is 0. The highest BCUT2D eigenvalue weighted by Gasteiger charge is 2.27. The molecule has 1 heterocycles. The van der Waals surface area contributed by atoms with Crippen LogP contribution in [0.3, 0.4) is 0 Å². The molecule has 0 unspecified atom stereocenters. The molecule has 0 spiro atoms. The Morgan fingerprint density at radius 2 is 1.69 bits per heavy atom. The van der Waals surface area contributed by atoms with E-state index in [0.29, 0.717) is 22.9 Å². The molecule has 0 fully saturated rings. The van der Waals surface area contributed by atoms with Gasteiger partial charge in [0.2, 0.25) is 14.9 Å². The number of sulfone groups is 1. The third kappa shape index (κ3) is 3.66. The Bertz CT molecular complexity index is 1150. The second-order valence-electron chi connectivity index (χ2n) is 5.95. The van der Waals surface area contributed by atoms with Gasteiger partial charge in [0.15, 0.2) is 0 Å². The topological polar surface area (TPSA) is 110 Å². The Balaban J connectivity index is 2.06. The summed E-state index contributed by atoms with van der Waals surface area (Å²) in [5.41, 5.74) is 1.03. The number of carbonyl (C=O) groups is 1. The Hall–Kier alpha value is -3.40. The summed E-state index contributed by atoms with van der Waals surface area (Å²) >= 11 is 0. The van der Waals surface area contributed by atoms with E-state index in [1.807, 2.05) is 0 Å². The smallest absolute Gasteiger partial charge is 0.337 e. The van der Waals surface area contributed by atoms with Gasteiger partial charge in [0.25, 0.3) is 0 Å². The van der Waals surface area contributed by atoms with Crippen molar-refractivity contribution in [3.63, 3.8) is 0 Å². The van der Waals surface area contributed by atoms with Gasteiger partial charge in [-0.2, -0.15) is 0 Å². The number of carbonyl (C=O) groups excluding carboxylic acids is 1. The summed E-state index contributed by atoms with van der Waals surface area (Å²) in [6.45, 7) is 1.59. The van der Waals surface area contributed by atoms with Crippen LogP contribution in [0.5, 0.6) is 11.5 Å². The first-order valence-electron chi connectivity index (χ1n) is 8.41. The lowest BCUT2D eigenvalue weighted by Crippen LogP contribution is -2.07. The van der Waals surface area contributed by atoms with E-state index >= 15 is 0 Å². The van der Waals surface area contributed by atoms with Crippen molar-refractivity contribution in [3.05, 3.63) is 53.7 Å². The van der Waals surface area contributed by atoms with E-state index in [9.17, 15) is 13.2 Å². The van der Waals surface area contributed by atoms with Gasteiger partial charge in [-0.05, 0) is 43.3 Å². The summed E-state index contributed by atoms with van der Waals surface area (Å²) in [6, 6.07) is 10.5. The quantitative estimate of drug-likeness (QED) is 0.562. The van der Waals surface area contributed by atoms with Crippen molar-refractivity contribution >= 4 is 15.8 Å². The van der Waals surface area contributed by atoms with Gasteiger partial charge in [-0.15, -0.1) is 5.10 Å². The van der Waals surface area contributed by atoms with Crippen molar-refractivity contribution < 1.29 is 27.4 Å². The van der Waals surface area contributed by atoms with E-state index < -0.39 is 15.8 Å². The van der Waals surface area contributed by atoms with Crippen molar-refractivity contribution in [1.29, 1.82) is 0 Å². The van der Waals surface area contributed by atoms with E-state index in [1.165, 1.54) is 50.3 Å². The first-order valence-corrected chi connectivity index (χ1v) is 9.90. The van der Waals surface area contributed by atoms with Crippen LogP contribution in [0.15, 0.2) is 52.4 Å². The van der Waals surface area contributed by atoms with Crippen molar-refractivity contribution in [2.45, 2.75) is 16.8 Å². The molecule has 0 amide bonds. The van der Waals surface area contributed by atoms with Gasteiger partial charge in [-0.1, -0.05) is 5.21 Å². The normalized spacial score (nSPS) is 11.2. The zero-order chi connectivity index (χ0) is 21.2. The van der Waals surface area contributed by atoms with Crippen LogP contribution >= 0.6 is 0 Å². The van der Waals surface area contributed by atoms with Gasteiger partial charge in [-0.3, -0.25) is 0 Å². The number of benzene rings is 2. The number of methoxy groups -OCH3 is 3. The highest BCUT2D eigenvalue weighted by atomic mass is 32.2. The van der Waals surface area contributed by atoms with Gasteiger partial charge < -0.3 is 14.2 Å². The largest absolute Gasteiger partial charge is 0.497 e. The zero-order valence-electron chi connectivity index (χ0n) is 16.2. The van der Waals surface area contributed by atoms with E-state index in [-0.39, 0.29) is 15.5 Å². The van der Waals surface area contributed by atoms with Gasteiger partial charge in [0, 0.05) is 6.07 Å². The Morgan fingerprint density at radius 1 is 1.00 bits per heavy atom. The average molecular weight is 417 g/mol. The molecule has 3 aromatic rings. The SMILES string of the molecule is COC(=O)c1ccc(S(=O)(=O)c2nnn(-c3cc(OC)ccc3OC)c2C)cc1. The summed E-state index contributed by atoms with van der Waals surface area (Å²) in [5.74, 6) is 0.477. The molecular formula is C19H19N3O6S. The molecule has 0 aliphatic heterocycles. The molecule has 0 aliphatic carbocycles. The fourth-order valence-corrected chi connectivity index (χ4v) is 4.09. The van der Waals surface area contributed by atoms with E-state index in [0.717, 1.165) is 0 Å². The first kappa shape index (κ1) is 20.3. The average Bonchev–Trinajstić information content (AvgIpc) is 3.14. The molecule has 29 heavy (non-hydrogen) atoms. The maximum Gasteiger partial charge on any atom is 0.337 e. The fourth-order valence-electron chi connectivity index (χ4n) is 2.75. The molecular weight excluding hydrogens is 398 g/mol. The molecule has 10 heteroatoms. The standard InChI is InChI=1S/C19H19N3O6S/c1-12-18(29(24,25)15-8-5-13(6-9-15)19(23)28-4)20-21-22(12)16-11-14(26-2)7-10-17(16)27-3/h5-11H,1-4H3. The Morgan fingerprint density at radius 3 is 2.28 bits per heavy atom. The molecule has 0 saturated heterocycles.